The van der Waals surface area contributed by atoms with Crippen LogP contribution >= 0.6 is 27.3 Å². The van der Waals surface area contributed by atoms with Gasteiger partial charge in [0.25, 0.3) is 5.91 Å². The molecule has 2 heterocycles. The molecule has 8 heteroatoms. The van der Waals surface area contributed by atoms with Crippen LogP contribution in [0.4, 0.5) is 10.1 Å². The molecule has 140 valence electrons. The number of halogens is 2. The van der Waals surface area contributed by atoms with Crippen molar-refractivity contribution in [1.29, 1.82) is 0 Å². The number of hydrogen-bond donors (Lipinski definition) is 2. The van der Waals surface area contributed by atoms with Crippen molar-refractivity contribution in [2.75, 3.05) is 31.6 Å². The molecule has 0 saturated carbocycles. The molecule has 1 aliphatic heterocycles. The minimum atomic E-state index is -0.787. The third kappa shape index (κ3) is 4.43. The Morgan fingerprint density at radius 1 is 1.58 bits per heavy atom. The minimum absolute atomic E-state index is 0.101. The molecular weight excluding hydrogens is 421 g/mol. The zero-order chi connectivity index (χ0) is 18.7. The van der Waals surface area contributed by atoms with Gasteiger partial charge in [0.05, 0.1) is 30.0 Å². The Bertz CT molecular complexity index is 772. The highest BCUT2D eigenvalue weighted by atomic mass is 79.9. The summed E-state index contributed by atoms with van der Waals surface area (Å²) in [5.41, 5.74) is 5.65. The van der Waals surface area contributed by atoms with Crippen molar-refractivity contribution in [2.24, 2.45) is 5.73 Å². The molecule has 0 spiro atoms. The number of anilines is 1. The molecule has 2 atom stereocenters. The molecule has 2 unspecified atom stereocenters. The molecule has 0 aliphatic carbocycles. The van der Waals surface area contributed by atoms with Gasteiger partial charge in [-0.25, -0.2) is 4.39 Å². The van der Waals surface area contributed by atoms with Gasteiger partial charge in [-0.2, -0.15) is 0 Å². The monoisotopic (exact) mass is 441 g/mol. The predicted octanol–water partition coefficient (Wildman–Crippen LogP) is 3.62. The number of hydrogen-bond acceptors (Lipinski definition) is 5. The number of rotatable bonds is 6. The van der Waals surface area contributed by atoms with Gasteiger partial charge in [0, 0.05) is 29.0 Å². The molecule has 1 saturated heterocycles. The number of morpholine rings is 1. The van der Waals surface area contributed by atoms with Crippen molar-refractivity contribution in [2.45, 2.75) is 19.1 Å². The van der Waals surface area contributed by atoms with E-state index in [0.717, 1.165) is 13.1 Å². The maximum Gasteiger partial charge on any atom is 0.253 e. The number of amides is 1. The third-order valence-corrected chi connectivity index (χ3v) is 5.80. The lowest BCUT2D eigenvalue weighted by Gasteiger charge is -2.37. The number of nitrogens with two attached hydrogens (primary N) is 1. The van der Waals surface area contributed by atoms with E-state index in [0.29, 0.717) is 23.3 Å². The lowest BCUT2D eigenvalue weighted by atomic mass is 10.1. The summed E-state index contributed by atoms with van der Waals surface area (Å²) < 4.78 is 20.4. The van der Waals surface area contributed by atoms with E-state index < -0.39 is 11.7 Å². The molecule has 5 nitrogen and oxygen atoms in total. The second-order valence-corrected chi connectivity index (χ2v) is 8.16. The molecule has 0 radical (unpaired) electrons. The van der Waals surface area contributed by atoms with E-state index in [9.17, 15) is 9.18 Å². The molecule has 1 amide bonds. The van der Waals surface area contributed by atoms with E-state index in [4.69, 9.17) is 10.5 Å². The number of thiophene rings is 1. The molecule has 1 aromatic carbocycles. The number of ether oxygens (including phenoxy) is 1. The minimum Gasteiger partial charge on any atom is -0.382 e. The lowest BCUT2D eigenvalue weighted by molar-refractivity contribution is -0.0322. The van der Waals surface area contributed by atoms with Gasteiger partial charge in [0.15, 0.2) is 0 Å². The topological polar surface area (TPSA) is 67.6 Å². The quantitative estimate of drug-likeness (QED) is 0.717. The molecule has 1 aliphatic rings. The Kier molecular flexibility index (Phi) is 6.29. The number of nitrogens with zero attached hydrogens (tertiary/aromatic N) is 1. The Morgan fingerprint density at radius 2 is 2.38 bits per heavy atom. The van der Waals surface area contributed by atoms with Crippen LogP contribution in [0.5, 0.6) is 0 Å². The Balaban J connectivity index is 1.84. The zero-order valence-corrected chi connectivity index (χ0v) is 16.8. The van der Waals surface area contributed by atoms with Gasteiger partial charge in [-0.15, -0.1) is 11.3 Å². The average Bonchev–Trinajstić information content (AvgIpc) is 3.08. The predicted molar refractivity (Wildman–Crippen MR) is 105 cm³/mol. The third-order valence-electron chi connectivity index (χ3n) is 4.37. The number of primary amides is 1. The second-order valence-electron chi connectivity index (χ2n) is 6.26. The summed E-state index contributed by atoms with van der Waals surface area (Å²) in [7, 11) is 0. The SMILES string of the molecule is CC1CN(C(CNc2cc(Br)cc(F)c2C(N)=O)c2cccs2)CCO1. The number of benzene rings is 1. The van der Waals surface area contributed by atoms with Crippen LogP contribution in [0.25, 0.3) is 0 Å². The first-order valence-electron chi connectivity index (χ1n) is 8.37. The normalized spacial score (nSPS) is 19.3. The summed E-state index contributed by atoms with van der Waals surface area (Å²) in [6, 6.07) is 7.13. The number of nitrogens with one attached hydrogen (secondary N) is 1. The smallest absolute Gasteiger partial charge is 0.253 e. The van der Waals surface area contributed by atoms with Gasteiger partial charge in [-0.05, 0) is 30.5 Å². The second kappa shape index (κ2) is 8.47. The van der Waals surface area contributed by atoms with Crippen molar-refractivity contribution in [3.05, 3.63) is 50.4 Å². The molecule has 3 rings (SSSR count). The van der Waals surface area contributed by atoms with Gasteiger partial charge in [-0.1, -0.05) is 22.0 Å². The van der Waals surface area contributed by atoms with Crippen molar-refractivity contribution in [1.82, 2.24) is 4.90 Å². The van der Waals surface area contributed by atoms with Crippen molar-refractivity contribution >= 4 is 38.9 Å². The highest BCUT2D eigenvalue weighted by molar-refractivity contribution is 9.10. The van der Waals surface area contributed by atoms with Crippen molar-refractivity contribution < 1.29 is 13.9 Å². The highest BCUT2D eigenvalue weighted by Gasteiger charge is 2.27. The van der Waals surface area contributed by atoms with E-state index in [2.05, 4.69) is 39.1 Å². The van der Waals surface area contributed by atoms with Crippen molar-refractivity contribution in [3.8, 4) is 0 Å². The van der Waals surface area contributed by atoms with Crippen LogP contribution in [0, 0.1) is 5.82 Å². The van der Waals surface area contributed by atoms with Crippen LogP contribution < -0.4 is 11.1 Å². The molecule has 1 fully saturated rings. The van der Waals surface area contributed by atoms with E-state index in [1.807, 2.05) is 11.4 Å². The summed E-state index contributed by atoms with van der Waals surface area (Å²) in [6.07, 6.45) is 0.163. The van der Waals surface area contributed by atoms with Crippen LogP contribution in [-0.4, -0.2) is 43.2 Å². The molecule has 26 heavy (non-hydrogen) atoms. The first-order chi connectivity index (χ1) is 12.5. The summed E-state index contributed by atoms with van der Waals surface area (Å²) in [5, 5.41) is 5.27. The molecule has 3 N–H and O–H groups in total. The fourth-order valence-corrected chi connectivity index (χ4v) is 4.48. The summed E-state index contributed by atoms with van der Waals surface area (Å²) in [4.78, 5) is 15.2. The number of carbonyl (C=O) groups is 1. The fraction of sp³-hybridized carbons (Fsp3) is 0.389. The largest absolute Gasteiger partial charge is 0.382 e. The number of carbonyl (C=O) groups excluding carboxylic acids is 1. The Morgan fingerprint density at radius 3 is 3.04 bits per heavy atom. The van der Waals surface area contributed by atoms with E-state index in [-0.39, 0.29) is 17.7 Å². The van der Waals surface area contributed by atoms with E-state index in [1.165, 1.54) is 10.9 Å². The van der Waals surface area contributed by atoms with Crippen LogP contribution in [0.1, 0.15) is 28.2 Å². The molecular formula is C18H21BrFN3O2S. The summed E-state index contributed by atoms with van der Waals surface area (Å²) in [5.74, 6) is -1.42. The van der Waals surface area contributed by atoms with Crippen LogP contribution in [0.2, 0.25) is 0 Å². The Labute approximate surface area is 164 Å². The lowest BCUT2D eigenvalue weighted by Crippen LogP contribution is -2.44. The van der Waals surface area contributed by atoms with E-state index >= 15 is 0 Å². The maximum atomic E-state index is 14.2. The molecule has 2 aromatic rings. The summed E-state index contributed by atoms with van der Waals surface area (Å²) >= 11 is 4.95. The van der Waals surface area contributed by atoms with Gasteiger partial charge in [-0.3, -0.25) is 9.69 Å². The average molecular weight is 442 g/mol. The molecule has 0 bridgehead atoms. The first kappa shape index (κ1) is 19.3. The summed E-state index contributed by atoms with van der Waals surface area (Å²) in [6.45, 7) is 4.91. The zero-order valence-electron chi connectivity index (χ0n) is 14.4. The standard InChI is InChI=1S/C18H21BrFN3O2S/c1-11-10-23(4-5-25-11)15(16-3-2-6-26-16)9-22-14-8-12(19)7-13(20)17(14)18(21)24/h2-3,6-8,11,15,22H,4-5,9-10H2,1H3,(H2,21,24). The first-order valence-corrected chi connectivity index (χ1v) is 10.0. The Hall–Kier alpha value is -1.48. The maximum absolute atomic E-state index is 14.2. The van der Waals surface area contributed by atoms with Gasteiger partial charge < -0.3 is 15.8 Å². The van der Waals surface area contributed by atoms with Gasteiger partial charge in [0.1, 0.15) is 5.82 Å². The van der Waals surface area contributed by atoms with Gasteiger partial charge >= 0.3 is 0 Å². The highest BCUT2D eigenvalue weighted by Crippen LogP contribution is 2.29. The van der Waals surface area contributed by atoms with Crippen molar-refractivity contribution in [3.63, 3.8) is 0 Å². The van der Waals surface area contributed by atoms with E-state index in [1.54, 1.807) is 17.4 Å². The van der Waals surface area contributed by atoms with Crippen LogP contribution in [0.15, 0.2) is 34.1 Å². The van der Waals surface area contributed by atoms with Crippen LogP contribution in [-0.2, 0) is 4.74 Å². The molecule has 1 aromatic heterocycles. The van der Waals surface area contributed by atoms with Gasteiger partial charge in [0.2, 0.25) is 0 Å². The van der Waals surface area contributed by atoms with Crippen LogP contribution in [0.3, 0.4) is 0 Å². The fourth-order valence-electron chi connectivity index (χ4n) is 3.19.